The summed E-state index contributed by atoms with van der Waals surface area (Å²) in [5.74, 6) is -0.140. The normalized spacial score (nSPS) is 9.69. The van der Waals surface area contributed by atoms with Crippen LogP contribution in [-0.2, 0) is 9.59 Å². The number of carbonyl (C=O) groups is 2. The molecule has 1 N–H and O–H groups in total. The van der Waals surface area contributed by atoms with Gasteiger partial charge in [0.2, 0.25) is 11.8 Å². The molecule has 0 bridgehead atoms. The van der Waals surface area contributed by atoms with E-state index < -0.39 is 0 Å². The first-order valence-corrected chi connectivity index (χ1v) is 5.32. The van der Waals surface area contributed by atoms with Crippen molar-refractivity contribution < 1.29 is 9.59 Å². The molecule has 92 valence electrons. The summed E-state index contributed by atoms with van der Waals surface area (Å²) in [7, 11) is 3.35. The van der Waals surface area contributed by atoms with Gasteiger partial charge in [0.15, 0.2) is 0 Å². The average Bonchev–Trinajstić information content (AvgIpc) is 2.25. The predicted octanol–water partition coefficient (Wildman–Crippen LogP) is -0.301. The molecule has 0 aromatic rings. The molecule has 0 fully saturated rings. The molecule has 0 radical (unpaired) electrons. The SMILES string of the molecule is C=CCNCC(=O)N(CC)CC(=O)N(C)C. The van der Waals surface area contributed by atoms with Crippen LogP contribution in [0.3, 0.4) is 0 Å². The van der Waals surface area contributed by atoms with Gasteiger partial charge in [0.05, 0.1) is 13.1 Å². The van der Waals surface area contributed by atoms with Gasteiger partial charge in [-0.1, -0.05) is 6.08 Å². The zero-order valence-corrected chi connectivity index (χ0v) is 10.3. The quantitative estimate of drug-likeness (QED) is 0.480. The maximum Gasteiger partial charge on any atom is 0.241 e. The first-order chi connectivity index (χ1) is 7.52. The zero-order chi connectivity index (χ0) is 12.6. The molecule has 0 unspecified atom stereocenters. The Bertz CT molecular complexity index is 252. The minimum atomic E-state index is -0.0704. The van der Waals surface area contributed by atoms with E-state index in [1.165, 1.54) is 9.80 Å². The molecule has 0 spiro atoms. The molecule has 0 rings (SSSR count). The highest BCUT2D eigenvalue weighted by Gasteiger charge is 2.15. The fraction of sp³-hybridized carbons (Fsp3) is 0.636. The molecular weight excluding hydrogens is 206 g/mol. The zero-order valence-electron chi connectivity index (χ0n) is 10.3. The van der Waals surface area contributed by atoms with Crippen LogP contribution in [0.1, 0.15) is 6.92 Å². The van der Waals surface area contributed by atoms with Crippen LogP contribution in [0.4, 0.5) is 0 Å². The minimum absolute atomic E-state index is 0.0699. The van der Waals surface area contributed by atoms with E-state index in [-0.39, 0.29) is 24.9 Å². The average molecular weight is 227 g/mol. The number of nitrogens with one attached hydrogen (secondary N) is 1. The van der Waals surface area contributed by atoms with Crippen LogP contribution in [-0.4, -0.2) is 61.9 Å². The molecule has 0 aromatic heterocycles. The summed E-state index contributed by atoms with van der Waals surface area (Å²) < 4.78 is 0. The Morgan fingerprint density at radius 2 is 1.94 bits per heavy atom. The van der Waals surface area contributed by atoms with Gasteiger partial charge in [0, 0.05) is 27.2 Å². The van der Waals surface area contributed by atoms with E-state index in [0.717, 1.165) is 0 Å². The molecule has 0 aromatic carbocycles. The van der Waals surface area contributed by atoms with Gasteiger partial charge < -0.3 is 15.1 Å². The van der Waals surface area contributed by atoms with Crippen LogP contribution >= 0.6 is 0 Å². The summed E-state index contributed by atoms with van der Waals surface area (Å²) in [5.41, 5.74) is 0. The highest BCUT2D eigenvalue weighted by Crippen LogP contribution is 1.91. The number of rotatable bonds is 7. The van der Waals surface area contributed by atoms with Gasteiger partial charge in [-0.15, -0.1) is 6.58 Å². The standard InChI is InChI=1S/C11H21N3O2/c1-5-7-12-8-10(15)14(6-2)9-11(16)13(3)4/h5,12H,1,6-9H2,2-4H3. The molecular formula is C11H21N3O2. The molecule has 16 heavy (non-hydrogen) atoms. The molecule has 2 amide bonds. The summed E-state index contributed by atoms with van der Waals surface area (Å²) in [5, 5.41) is 2.92. The molecule has 0 heterocycles. The highest BCUT2D eigenvalue weighted by molar-refractivity contribution is 5.85. The van der Waals surface area contributed by atoms with Crippen molar-refractivity contribution in [1.82, 2.24) is 15.1 Å². The molecule has 0 saturated carbocycles. The second-order valence-corrected chi connectivity index (χ2v) is 3.62. The molecule has 5 nitrogen and oxygen atoms in total. The van der Waals surface area contributed by atoms with Gasteiger partial charge in [-0.25, -0.2) is 0 Å². The Morgan fingerprint density at radius 1 is 1.31 bits per heavy atom. The van der Waals surface area contributed by atoms with Crippen molar-refractivity contribution in [2.75, 3.05) is 40.3 Å². The van der Waals surface area contributed by atoms with Crippen molar-refractivity contribution in [2.24, 2.45) is 0 Å². The summed E-state index contributed by atoms with van der Waals surface area (Å²) in [4.78, 5) is 26.1. The fourth-order valence-electron chi connectivity index (χ4n) is 1.07. The third-order valence-corrected chi connectivity index (χ3v) is 2.12. The molecule has 0 aliphatic rings. The van der Waals surface area contributed by atoms with Crippen molar-refractivity contribution in [3.63, 3.8) is 0 Å². The first-order valence-electron chi connectivity index (χ1n) is 5.32. The molecule has 0 saturated heterocycles. The number of carbonyl (C=O) groups excluding carboxylic acids is 2. The van der Waals surface area contributed by atoms with E-state index in [4.69, 9.17) is 0 Å². The maximum atomic E-state index is 11.7. The van der Waals surface area contributed by atoms with Crippen molar-refractivity contribution in [2.45, 2.75) is 6.92 Å². The van der Waals surface area contributed by atoms with Gasteiger partial charge in [0.1, 0.15) is 0 Å². The van der Waals surface area contributed by atoms with Crippen LogP contribution in [0.2, 0.25) is 0 Å². The van der Waals surface area contributed by atoms with Crippen LogP contribution in [0.15, 0.2) is 12.7 Å². The van der Waals surface area contributed by atoms with Crippen LogP contribution in [0, 0.1) is 0 Å². The van der Waals surface area contributed by atoms with E-state index in [0.29, 0.717) is 13.1 Å². The number of nitrogens with zero attached hydrogens (tertiary/aromatic N) is 2. The van der Waals surface area contributed by atoms with Crippen molar-refractivity contribution in [3.05, 3.63) is 12.7 Å². The lowest BCUT2D eigenvalue weighted by Crippen LogP contribution is -2.43. The van der Waals surface area contributed by atoms with E-state index in [2.05, 4.69) is 11.9 Å². The summed E-state index contributed by atoms with van der Waals surface area (Å²) in [6.07, 6.45) is 1.69. The highest BCUT2D eigenvalue weighted by atomic mass is 16.2. The summed E-state index contributed by atoms with van der Waals surface area (Å²) in [6, 6.07) is 0. The van der Waals surface area contributed by atoms with E-state index in [9.17, 15) is 9.59 Å². The second kappa shape index (κ2) is 7.87. The van der Waals surface area contributed by atoms with Gasteiger partial charge in [-0.2, -0.15) is 0 Å². The summed E-state index contributed by atoms with van der Waals surface area (Å²) in [6.45, 7) is 6.90. The van der Waals surface area contributed by atoms with Gasteiger partial charge >= 0.3 is 0 Å². The minimum Gasteiger partial charge on any atom is -0.347 e. The Hall–Kier alpha value is -1.36. The Kier molecular flexibility index (Phi) is 7.20. The van der Waals surface area contributed by atoms with Gasteiger partial charge in [-0.3, -0.25) is 9.59 Å². The van der Waals surface area contributed by atoms with Crippen molar-refractivity contribution in [3.8, 4) is 0 Å². The van der Waals surface area contributed by atoms with E-state index in [1.54, 1.807) is 20.2 Å². The second-order valence-electron chi connectivity index (χ2n) is 3.62. The van der Waals surface area contributed by atoms with E-state index in [1.807, 2.05) is 6.92 Å². The van der Waals surface area contributed by atoms with Crippen molar-refractivity contribution >= 4 is 11.8 Å². The first kappa shape index (κ1) is 14.6. The van der Waals surface area contributed by atoms with Crippen LogP contribution in [0.5, 0.6) is 0 Å². The molecule has 0 aliphatic heterocycles. The fourth-order valence-corrected chi connectivity index (χ4v) is 1.07. The van der Waals surface area contributed by atoms with Gasteiger partial charge in [-0.05, 0) is 6.92 Å². The monoisotopic (exact) mass is 227 g/mol. The third kappa shape index (κ3) is 5.50. The number of amides is 2. The van der Waals surface area contributed by atoms with Crippen molar-refractivity contribution in [1.29, 1.82) is 0 Å². The van der Waals surface area contributed by atoms with Crippen LogP contribution < -0.4 is 5.32 Å². The lowest BCUT2D eigenvalue weighted by molar-refractivity contribution is -0.138. The summed E-state index contributed by atoms with van der Waals surface area (Å²) >= 11 is 0. The Labute approximate surface area is 97.1 Å². The molecule has 0 atom stereocenters. The predicted molar refractivity (Wildman–Crippen MR) is 64.0 cm³/mol. The lowest BCUT2D eigenvalue weighted by Gasteiger charge is -2.22. The number of likely N-dealkylation sites (N-methyl/N-ethyl adjacent to an activating group) is 2. The Morgan fingerprint density at radius 3 is 2.38 bits per heavy atom. The largest absolute Gasteiger partial charge is 0.347 e. The topological polar surface area (TPSA) is 52.7 Å². The Balaban J connectivity index is 4.11. The maximum absolute atomic E-state index is 11.7. The number of hydrogen-bond acceptors (Lipinski definition) is 3. The molecule has 5 heteroatoms. The smallest absolute Gasteiger partial charge is 0.241 e. The van der Waals surface area contributed by atoms with Crippen LogP contribution in [0.25, 0.3) is 0 Å². The molecule has 0 aliphatic carbocycles. The number of hydrogen-bond donors (Lipinski definition) is 1. The van der Waals surface area contributed by atoms with E-state index >= 15 is 0 Å². The lowest BCUT2D eigenvalue weighted by atomic mass is 10.4. The van der Waals surface area contributed by atoms with Gasteiger partial charge in [0.25, 0.3) is 0 Å². The third-order valence-electron chi connectivity index (χ3n) is 2.12.